The third-order valence-corrected chi connectivity index (χ3v) is 6.94. The summed E-state index contributed by atoms with van der Waals surface area (Å²) in [5.74, 6) is -0.334. The Morgan fingerprint density at radius 1 is 0.926 bits per heavy atom. The highest BCUT2D eigenvalue weighted by atomic mass is 32.2. The van der Waals surface area contributed by atoms with Crippen molar-refractivity contribution in [2.45, 2.75) is 30.8 Å². The van der Waals surface area contributed by atoms with Crippen molar-refractivity contribution in [3.8, 4) is 0 Å². The number of amides is 1. The van der Waals surface area contributed by atoms with Crippen molar-refractivity contribution in [1.29, 1.82) is 0 Å². The number of hydrogen-bond donors (Lipinski definition) is 1. The summed E-state index contributed by atoms with van der Waals surface area (Å²) in [6.45, 7) is 3.50. The standard InChI is InChI=1S/C21H20N2O3S/c1-14(16-8-4-3-5-9-16)22-21(24)15(2)23-18-12-6-10-17-11-7-13-19(20(17)18)27(23,25)26/h3-15H,1-2H3,(H,22,24)/t14-,15-/m1/s1. The number of nitrogens with zero attached hydrogens (tertiary/aromatic N) is 1. The number of nitrogens with one attached hydrogen (secondary N) is 1. The first-order valence-corrected chi connectivity index (χ1v) is 10.3. The van der Waals surface area contributed by atoms with E-state index in [0.29, 0.717) is 11.1 Å². The zero-order valence-corrected chi connectivity index (χ0v) is 15.9. The van der Waals surface area contributed by atoms with Crippen molar-refractivity contribution in [1.82, 2.24) is 5.32 Å². The summed E-state index contributed by atoms with van der Waals surface area (Å²) in [5, 5.41) is 4.45. The van der Waals surface area contributed by atoms with Gasteiger partial charge in [-0.1, -0.05) is 54.6 Å². The van der Waals surface area contributed by atoms with Gasteiger partial charge in [-0.3, -0.25) is 9.10 Å². The van der Waals surface area contributed by atoms with Gasteiger partial charge in [0.25, 0.3) is 10.0 Å². The van der Waals surface area contributed by atoms with Gasteiger partial charge in [0.05, 0.1) is 16.6 Å². The molecule has 1 N–H and O–H groups in total. The highest BCUT2D eigenvalue weighted by Gasteiger charge is 2.40. The average molecular weight is 380 g/mol. The zero-order valence-electron chi connectivity index (χ0n) is 15.1. The van der Waals surface area contributed by atoms with Crippen LogP contribution in [0.4, 0.5) is 5.69 Å². The molecule has 0 unspecified atom stereocenters. The summed E-state index contributed by atoms with van der Waals surface area (Å²) in [6, 6.07) is 19.1. The van der Waals surface area contributed by atoms with E-state index in [0.717, 1.165) is 10.9 Å². The van der Waals surface area contributed by atoms with E-state index in [2.05, 4.69) is 5.32 Å². The molecule has 2 atom stereocenters. The molecule has 1 amide bonds. The van der Waals surface area contributed by atoms with Crippen molar-refractivity contribution in [2.75, 3.05) is 4.31 Å². The molecule has 5 nitrogen and oxygen atoms in total. The second-order valence-electron chi connectivity index (χ2n) is 6.75. The molecule has 0 aliphatic carbocycles. The number of rotatable bonds is 4. The quantitative estimate of drug-likeness (QED) is 0.752. The molecular weight excluding hydrogens is 360 g/mol. The molecule has 3 aromatic rings. The molecule has 6 heteroatoms. The van der Waals surface area contributed by atoms with E-state index in [1.807, 2.05) is 55.5 Å². The lowest BCUT2D eigenvalue weighted by molar-refractivity contribution is -0.122. The van der Waals surface area contributed by atoms with Crippen LogP contribution in [0.25, 0.3) is 10.8 Å². The number of anilines is 1. The lowest BCUT2D eigenvalue weighted by Crippen LogP contribution is -2.47. The second-order valence-corrected chi connectivity index (χ2v) is 8.53. The minimum atomic E-state index is -3.77. The molecule has 1 aliphatic heterocycles. The summed E-state index contributed by atoms with van der Waals surface area (Å²) in [6.07, 6.45) is 0. The van der Waals surface area contributed by atoms with E-state index >= 15 is 0 Å². The van der Waals surface area contributed by atoms with Gasteiger partial charge < -0.3 is 5.32 Å². The van der Waals surface area contributed by atoms with E-state index < -0.39 is 16.1 Å². The summed E-state index contributed by atoms with van der Waals surface area (Å²) in [5.41, 5.74) is 1.52. The topological polar surface area (TPSA) is 66.5 Å². The normalized spacial score (nSPS) is 16.9. The third kappa shape index (κ3) is 2.77. The zero-order chi connectivity index (χ0) is 19.2. The summed E-state index contributed by atoms with van der Waals surface area (Å²) in [4.78, 5) is 13.1. The minimum absolute atomic E-state index is 0.218. The van der Waals surface area contributed by atoms with Crippen molar-refractivity contribution in [3.05, 3.63) is 72.3 Å². The molecule has 138 valence electrons. The molecule has 0 fully saturated rings. The molecule has 1 aliphatic rings. The van der Waals surface area contributed by atoms with Crippen LogP contribution in [0.2, 0.25) is 0 Å². The van der Waals surface area contributed by atoms with Gasteiger partial charge in [-0.15, -0.1) is 0 Å². The molecule has 27 heavy (non-hydrogen) atoms. The second kappa shape index (κ2) is 6.39. The van der Waals surface area contributed by atoms with Gasteiger partial charge >= 0.3 is 0 Å². The maximum atomic E-state index is 13.1. The Labute approximate surface area is 158 Å². The molecule has 3 aromatic carbocycles. The molecule has 0 bridgehead atoms. The van der Waals surface area contributed by atoms with Gasteiger partial charge in [0.15, 0.2) is 0 Å². The third-order valence-electron chi connectivity index (χ3n) is 5.01. The lowest BCUT2D eigenvalue weighted by Gasteiger charge is -2.27. The highest BCUT2D eigenvalue weighted by molar-refractivity contribution is 7.93. The van der Waals surface area contributed by atoms with E-state index in [-0.39, 0.29) is 16.8 Å². The van der Waals surface area contributed by atoms with Crippen LogP contribution in [-0.4, -0.2) is 20.4 Å². The molecular formula is C21H20N2O3S. The Hall–Kier alpha value is -2.86. The van der Waals surface area contributed by atoms with Gasteiger partial charge in [-0.2, -0.15) is 0 Å². The number of sulfonamides is 1. The number of hydrogen-bond acceptors (Lipinski definition) is 3. The van der Waals surface area contributed by atoms with Crippen LogP contribution in [0.3, 0.4) is 0 Å². The van der Waals surface area contributed by atoms with Gasteiger partial charge in [0.2, 0.25) is 5.91 Å². The van der Waals surface area contributed by atoms with Gasteiger partial charge in [0, 0.05) is 5.39 Å². The fourth-order valence-electron chi connectivity index (χ4n) is 3.60. The monoisotopic (exact) mass is 380 g/mol. The first-order chi connectivity index (χ1) is 12.9. The van der Waals surface area contributed by atoms with Crippen LogP contribution in [-0.2, 0) is 14.8 Å². The number of carbonyl (C=O) groups is 1. The Balaban J connectivity index is 1.67. The van der Waals surface area contributed by atoms with E-state index in [1.165, 1.54) is 4.31 Å². The van der Waals surface area contributed by atoms with E-state index in [4.69, 9.17) is 0 Å². The number of benzene rings is 3. The summed E-state index contributed by atoms with van der Waals surface area (Å²) in [7, 11) is -3.77. The molecule has 0 aromatic heterocycles. The van der Waals surface area contributed by atoms with Gasteiger partial charge in [-0.25, -0.2) is 8.42 Å². The van der Waals surface area contributed by atoms with Crippen LogP contribution in [0, 0.1) is 0 Å². The first kappa shape index (κ1) is 17.5. The summed E-state index contributed by atoms with van der Waals surface area (Å²) >= 11 is 0. The van der Waals surface area contributed by atoms with Crippen molar-refractivity contribution in [3.63, 3.8) is 0 Å². The summed E-state index contributed by atoms with van der Waals surface area (Å²) < 4.78 is 27.5. The lowest BCUT2D eigenvalue weighted by atomic mass is 10.1. The number of carbonyl (C=O) groups excluding carboxylic acids is 1. The van der Waals surface area contributed by atoms with E-state index in [1.54, 1.807) is 25.1 Å². The molecule has 0 spiro atoms. The maximum absolute atomic E-state index is 13.1. The Bertz CT molecular complexity index is 1120. The minimum Gasteiger partial charge on any atom is -0.348 e. The SMILES string of the molecule is C[C@H](C(=O)N[C@H](C)c1ccccc1)N1c2cccc3cccc(c23)S1(=O)=O. The van der Waals surface area contributed by atoms with Crippen LogP contribution in [0.5, 0.6) is 0 Å². The van der Waals surface area contributed by atoms with Crippen LogP contribution in [0.1, 0.15) is 25.5 Å². The highest BCUT2D eigenvalue weighted by Crippen LogP contribution is 2.43. The van der Waals surface area contributed by atoms with Gasteiger partial charge in [-0.05, 0) is 36.9 Å². The first-order valence-electron chi connectivity index (χ1n) is 8.83. The van der Waals surface area contributed by atoms with Crippen molar-refractivity contribution < 1.29 is 13.2 Å². The fourth-order valence-corrected chi connectivity index (χ4v) is 5.47. The van der Waals surface area contributed by atoms with Crippen molar-refractivity contribution in [2.24, 2.45) is 0 Å². The van der Waals surface area contributed by atoms with Crippen molar-refractivity contribution >= 4 is 32.4 Å². The predicted octanol–water partition coefficient (Wildman–Crippen LogP) is 3.61. The van der Waals surface area contributed by atoms with Crippen LogP contribution < -0.4 is 9.62 Å². The fraction of sp³-hybridized carbons (Fsp3) is 0.190. The van der Waals surface area contributed by atoms with Crippen LogP contribution >= 0.6 is 0 Å². The molecule has 0 radical (unpaired) electrons. The van der Waals surface area contributed by atoms with E-state index in [9.17, 15) is 13.2 Å². The molecule has 0 saturated heterocycles. The Morgan fingerprint density at radius 3 is 2.30 bits per heavy atom. The average Bonchev–Trinajstić information content (AvgIpc) is 2.90. The smallest absolute Gasteiger partial charge is 0.265 e. The largest absolute Gasteiger partial charge is 0.348 e. The predicted molar refractivity (Wildman–Crippen MR) is 106 cm³/mol. The molecule has 0 saturated carbocycles. The molecule has 1 heterocycles. The Kier molecular flexibility index (Phi) is 4.15. The van der Waals surface area contributed by atoms with Crippen LogP contribution in [0.15, 0.2) is 71.6 Å². The van der Waals surface area contributed by atoms with Gasteiger partial charge in [0.1, 0.15) is 6.04 Å². The maximum Gasteiger partial charge on any atom is 0.265 e. The molecule has 4 rings (SSSR count). The Morgan fingerprint density at radius 2 is 1.59 bits per heavy atom.